The summed E-state index contributed by atoms with van der Waals surface area (Å²) in [7, 11) is 3.81. The van der Waals surface area contributed by atoms with Gasteiger partial charge in [-0.15, -0.1) is 0 Å². The average Bonchev–Trinajstić information content (AvgIpc) is 2.75. The van der Waals surface area contributed by atoms with E-state index >= 15 is 0 Å². The number of aromatic nitrogens is 4. The summed E-state index contributed by atoms with van der Waals surface area (Å²) in [6.07, 6.45) is 5.57. The van der Waals surface area contributed by atoms with E-state index in [0.29, 0.717) is 0 Å². The second-order valence-corrected chi connectivity index (χ2v) is 3.96. The van der Waals surface area contributed by atoms with E-state index in [9.17, 15) is 0 Å². The molecule has 0 saturated carbocycles. The topological polar surface area (TPSA) is 55.6 Å². The van der Waals surface area contributed by atoms with Gasteiger partial charge in [0.25, 0.3) is 0 Å². The SMILES string of the molecule is CCCc1cc(NC)nc(-c2cncn2C)n1. The molecule has 5 heteroatoms. The van der Waals surface area contributed by atoms with E-state index in [4.69, 9.17) is 0 Å². The summed E-state index contributed by atoms with van der Waals surface area (Å²) in [6.45, 7) is 2.14. The minimum absolute atomic E-state index is 0.723. The summed E-state index contributed by atoms with van der Waals surface area (Å²) >= 11 is 0. The van der Waals surface area contributed by atoms with Crippen molar-refractivity contribution in [3.63, 3.8) is 0 Å². The summed E-state index contributed by atoms with van der Waals surface area (Å²) in [5, 5.41) is 3.07. The minimum Gasteiger partial charge on any atom is -0.373 e. The third-order valence-corrected chi connectivity index (χ3v) is 2.59. The van der Waals surface area contributed by atoms with Crippen molar-refractivity contribution in [2.24, 2.45) is 7.05 Å². The highest BCUT2D eigenvalue weighted by Gasteiger charge is 2.08. The van der Waals surface area contributed by atoms with Crippen LogP contribution in [0.1, 0.15) is 19.0 Å². The van der Waals surface area contributed by atoms with Crippen molar-refractivity contribution in [3.05, 3.63) is 24.3 Å². The first-order valence-corrected chi connectivity index (χ1v) is 5.77. The van der Waals surface area contributed by atoms with Gasteiger partial charge in [0.15, 0.2) is 5.82 Å². The van der Waals surface area contributed by atoms with E-state index in [1.165, 1.54) is 0 Å². The van der Waals surface area contributed by atoms with Crippen LogP contribution in [0.3, 0.4) is 0 Å². The van der Waals surface area contributed by atoms with Crippen molar-refractivity contribution >= 4 is 5.82 Å². The molecule has 0 amide bonds. The lowest BCUT2D eigenvalue weighted by atomic mass is 10.2. The molecule has 0 aliphatic carbocycles. The highest BCUT2D eigenvalue weighted by Crippen LogP contribution is 2.17. The zero-order valence-corrected chi connectivity index (χ0v) is 10.4. The number of hydrogen-bond donors (Lipinski definition) is 1. The van der Waals surface area contributed by atoms with Crippen LogP contribution in [0.5, 0.6) is 0 Å². The van der Waals surface area contributed by atoms with Gasteiger partial charge in [-0.25, -0.2) is 15.0 Å². The second-order valence-electron chi connectivity index (χ2n) is 3.96. The van der Waals surface area contributed by atoms with Crippen LogP contribution in [0.2, 0.25) is 0 Å². The Kier molecular flexibility index (Phi) is 3.37. The normalized spacial score (nSPS) is 10.5. The number of anilines is 1. The Hall–Kier alpha value is -1.91. The van der Waals surface area contributed by atoms with Gasteiger partial charge in [0.1, 0.15) is 11.5 Å². The average molecular weight is 231 g/mol. The third-order valence-electron chi connectivity index (χ3n) is 2.59. The van der Waals surface area contributed by atoms with Gasteiger partial charge in [-0.3, -0.25) is 0 Å². The summed E-state index contributed by atoms with van der Waals surface area (Å²) in [5.74, 6) is 1.57. The van der Waals surface area contributed by atoms with E-state index in [0.717, 1.165) is 35.9 Å². The predicted octanol–water partition coefficient (Wildman–Crippen LogP) is 1.87. The Bertz CT molecular complexity index is 503. The lowest BCUT2D eigenvalue weighted by Gasteiger charge is -2.07. The molecule has 90 valence electrons. The molecular formula is C12H17N5. The zero-order valence-electron chi connectivity index (χ0n) is 10.4. The molecule has 0 aromatic carbocycles. The molecule has 0 bridgehead atoms. The van der Waals surface area contributed by atoms with Crippen LogP contribution in [0.4, 0.5) is 5.82 Å². The highest BCUT2D eigenvalue weighted by atomic mass is 15.1. The maximum Gasteiger partial charge on any atom is 0.180 e. The molecule has 0 fully saturated rings. The van der Waals surface area contributed by atoms with Crippen LogP contribution in [0.15, 0.2) is 18.6 Å². The van der Waals surface area contributed by atoms with Gasteiger partial charge in [0, 0.05) is 25.9 Å². The predicted molar refractivity (Wildman–Crippen MR) is 67.8 cm³/mol. The maximum absolute atomic E-state index is 4.56. The van der Waals surface area contributed by atoms with Crippen LogP contribution in [-0.2, 0) is 13.5 Å². The number of hydrogen-bond acceptors (Lipinski definition) is 4. The number of aryl methyl sites for hydroxylation is 2. The van der Waals surface area contributed by atoms with Crippen LogP contribution in [-0.4, -0.2) is 26.6 Å². The fraction of sp³-hybridized carbons (Fsp3) is 0.417. The number of rotatable bonds is 4. The molecule has 2 aromatic heterocycles. The summed E-state index contributed by atoms with van der Waals surface area (Å²) in [6, 6.07) is 1.99. The Morgan fingerprint density at radius 1 is 1.35 bits per heavy atom. The molecule has 0 aliphatic rings. The Labute approximate surface area is 101 Å². The number of nitrogens with one attached hydrogen (secondary N) is 1. The van der Waals surface area contributed by atoms with Crippen LogP contribution in [0, 0.1) is 0 Å². The molecule has 0 radical (unpaired) electrons. The van der Waals surface area contributed by atoms with Gasteiger partial charge >= 0.3 is 0 Å². The van der Waals surface area contributed by atoms with Gasteiger partial charge in [0.05, 0.1) is 12.5 Å². The molecule has 5 nitrogen and oxygen atoms in total. The molecule has 2 heterocycles. The van der Waals surface area contributed by atoms with Crippen molar-refractivity contribution in [1.82, 2.24) is 19.5 Å². The van der Waals surface area contributed by atoms with E-state index in [2.05, 4.69) is 27.2 Å². The molecule has 0 spiro atoms. The minimum atomic E-state index is 0.723. The Balaban J connectivity index is 2.46. The molecule has 0 saturated heterocycles. The third kappa shape index (κ3) is 2.43. The molecular weight excluding hydrogens is 214 g/mol. The first-order chi connectivity index (χ1) is 8.24. The lowest BCUT2D eigenvalue weighted by molar-refractivity contribution is 0.863. The van der Waals surface area contributed by atoms with Crippen molar-refractivity contribution in [1.29, 1.82) is 0 Å². The van der Waals surface area contributed by atoms with Crippen LogP contribution in [0.25, 0.3) is 11.5 Å². The van der Waals surface area contributed by atoms with E-state index in [-0.39, 0.29) is 0 Å². The molecule has 1 N–H and O–H groups in total. The van der Waals surface area contributed by atoms with Crippen molar-refractivity contribution in [2.75, 3.05) is 12.4 Å². The van der Waals surface area contributed by atoms with Crippen LogP contribution >= 0.6 is 0 Å². The van der Waals surface area contributed by atoms with E-state index < -0.39 is 0 Å². The van der Waals surface area contributed by atoms with Gasteiger partial charge in [0.2, 0.25) is 0 Å². The fourth-order valence-corrected chi connectivity index (χ4v) is 1.70. The molecule has 0 aliphatic heterocycles. The summed E-state index contributed by atoms with van der Waals surface area (Å²) < 4.78 is 1.92. The van der Waals surface area contributed by atoms with Gasteiger partial charge < -0.3 is 9.88 Å². The summed E-state index contributed by atoms with van der Waals surface area (Å²) in [4.78, 5) is 13.1. The highest BCUT2D eigenvalue weighted by molar-refractivity contribution is 5.52. The lowest BCUT2D eigenvalue weighted by Crippen LogP contribution is -2.02. The molecule has 0 unspecified atom stereocenters. The zero-order chi connectivity index (χ0) is 12.3. The molecule has 17 heavy (non-hydrogen) atoms. The van der Waals surface area contributed by atoms with Crippen molar-refractivity contribution in [3.8, 4) is 11.5 Å². The van der Waals surface area contributed by atoms with Crippen molar-refractivity contribution in [2.45, 2.75) is 19.8 Å². The Morgan fingerprint density at radius 3 is 2.76 bits per heavy atom. The first-order valence-electron chi connectivity index (χ1n) is 5.77. The van der Waals surface area contributed by atoms with Gasteiger partial charge in [-0.1, -0.05) is 13.3 Å². The monoisotopic (exact) mass is 231 g/mol. The largest absolute Gasteiger partial charge is 0.373 e. The molecule has 2 aromatic rings. The van der Waals surface area contributed by atoms with Gasteiger partial charge in [-0.05, 0) is 6.42 Å². The van der Waals surface area contributed by atoms with Crippen molar-refractivity contribution < 1.29 is 0 Å². The maximum atomic E-state index is 4.56. The first kappa shape index (κ1) is 11.6. The molecule has 2 rings (SSSR count). The standard InChI is InChI=1S/C12H17N5/c1-4-5-9-6-11(13-2)16-12(15-9)10-7-14-8-17(10)3/h6-8H,4-5H2,1-3H3,(H,13,15,16). The quantitative estimate of drug-likeness (QED) is 0.872. The van der Waals surface area contributed by atoms with Gasteiger partial charge in [-0.2, -0.15) is 0 Å². The smallest absolute Gasteiger partial charge is 0.180 e. The molecule has 0 atom stereocenters. The van der Waals surface area contributed by atoms with E-state index in [1.54, 1.807) is 12.5 Å². The number of imidazole rings is 1. The summed E-state index contributed by atoms with van der Waals surface area (Å²) in [5.41, 5.74) is 1.99. The number of nitrogens with zero attached hydrogens (tertiary/aromatic N) is 4. The second kappa shape index (κ2) is 4.95. The van der Waals surface area contributed by atoms with Crippen LogP contribution < -0.4 is 5.32 Å². The Morgan fingerprint density at radius 2 is 2.18 bits per heavy atom. The fourth-order valence-electron chi connectivity index (χ4n) is 1.70. The van der Waals surface area contributed by atoms with E-state index in [1.807, 2.05) is 24.7 Å².